The maximum absolute atomic E-state index is 12.7. The molecule has 18 heavy (non-hydrogen) atoms. The number of rotatable bonds is 3. The molecule has 2 rings (SSSR count). The standard InChI is InChI=1S/C11H12FNO4S/c12-8-3-5-9(6-4-8)18(16,17)13-7-1-2-10(13)11(14)15/h3-6,10H,1-2,7H2,(H,14,15)/p-1/t10-/m0/s1. The molecule has 0 saturated carbocycles. The summed E-state index contributed by atoms with van der Waals surface area (Å²) in [5, 5.41) is 10.9. The predicted octanol–water partition coefficient (Wildman–Crippen LogP) is -0.271. The van der Waals surface area contributed by atoms with E-state index in [1.165, 1.54) is 0 Å². The number of carboxylic acid groups (broad SMARTS) is 1. The highest BCUT2D eigenvalue weighted by Gasteiger charge is 2.35. The fourth-order valence-corrected chi connectivity index (χ4v) is 3.65. The quantitative estimate of drug-likeness (QED) is 0.758. The van der Waals surface area contributed by atoms with Crippen molar-refractivity contribution in [3.05, 3.63) is 30.1 Å². The van der Waals surface area contributed by atoms with Crippen LogP contribution in [-0.2, 0) is 14.8 Å². The third-order valence-corrected chi connectivity index (χ3v) is 4.82. The zero-order chi connectivity index (χ0) is 13.3. The van der Waals surface area contributed by atoms with Crippen molar-refractivity contribution in [2.24, 2.45) is 0 Å². The lowest BCUT2D eigenvalue weighted by atomic mass is 10.2. The average molecular weight is 272 g/mol. The van der Waals surface area contributed by atoms with Crippen molar-refractivity contribution in [1.29, 1.82) is 0 Å². The molecule has 98 valence electrons. The Bertz CT molecular complexity index is 555. The summed E-state index contributed by atoms with van der Waals surface area (Å²) in [4.78, 5) is 10.8. The molecule has 0 aliphatic carbocycles. The Morgan fingerprint density at radius 1 is 1.33 bits per heavy atom. The van der Waals surface area contributed by atoms with Crippen LogP contribution >= 0.6 is 0 Å². The number of aliphatic carboxylic acids is 1. The molecule has 0 bridgehead atoms. The molecule has 0 unspecified atom stereocenters. The Morgan fingerprint density at radius 3 is 2.50 bits per heavy atom. The van der Waals surface area contributed by atoms with Crippen molar-refractivity contribution >= 4 is 16.0 Å². The molecular weight excluding hydrogens is 261 g/mol. The van der Waals surface area contributed by atoms with Crippen LogP contribution in [0.25, 0.3) is 0 Å². The second kappa shape index (κ2) is 4.66. The van der Waals surface area contributed by atoms with Gasteiger partial charge in [-0.3, -0.25) is 0 Å². The van der Waals surface area contributed by atoms with Gasteiger partial charge in [0.15, 0.2) is 0 Å². The number of nitrogens with zero attached hydrogens (tertiary/aromatic N) is 1. The minimum atomic E-state index is -3.90. The fourth-order valence-electron chi connectivity index (χ4n) is 2.01. The van der Waals surface area contributed by atoms with Crippen molar-refractivity contribution in [2.75, 3.05) is 6.54 Å². The molecule has 1 atom stereocenters. The Kier molecular flexibility index (Phi) is 3.36. The first kappa shape index (κ1) is 13.0. The van der Waals surface area contributed by atoms with E-state index in [1.807, 2.05) is 0 Å². The van der Waals surface area contributed by atoms with Crippen molar-refractivity contribution < 1.29 is 22.7 Å². The molecule has 1 saturated heterocycles. The topological polar surface area (TPSA) is 77.5 Å². The van der Waals surface area contributed by atoms with Crippen molar-refractivity contribution in [3.8, 4) is 0 Å². The van der Waals surface area contributed by atoms with Crippen LogP contribution in [0, 0.1) is 5.82 Å². The number of benzene rings is 1. The summed E-state index contributed by atoms with van der Waals surface area (Å²) in [6.07, 6.45) is 0.710. The van der Waals surface area contributed by atoms with Gasteiger partial charge >= 0.3 is 0 Å². The van der Waals surface area contributed by atoms with Gasteiger partial charge in [0.25, 0.3) is 0 Å². The summed E-state index contributed by atoms with van der Waals surface area (Å²) < 4.78 is 38.0. The van der Waals surface area contributed by atoms with Crippen LogP contribution in [0.2, 0.25) is 0 Å². The van der Waals surface area contributed by atoms with Gasteiger partial charge in [0.1, 0.15) is 5.82 Å². The third-order valence-electron chi connectivity index (χ3n) is 2.90. The minimum absolute atomic E-state index is 0.114. The number of carbonyl (C=O) groups is 1. The first-order valence-electron chi connectivity index (χ1n) is 5.41. The molecule has 0 radical (unpaired) electrons. The number of hydrogen-bond donors (Lipinski definition) is 0. The SMILES string of the molecule is O=C([O-])[C@@H]1CCCN1S(=O)(=O)c1ccc(F)cc1. The molecule has 1 aliphatic rings. The van der Waals surface area contributed by atoms with E-state index in [0.717, 1.165) is 28.6 Å². The van der Waals surface area contributed by atoms with Gasteiger partial charge in [0.2, 0.25) is 10.0 Å². The monoisotopic (exact) mass is 272 g/mol. The minimum Gasteiger partial charge on any atom is -0.548 e. The summed E-state index contributed by atoms with van der Waals surface area (Å²) in [5.74, 6) is -1.95. The summed E-state index contributed by atoms with van der Waals surface area (Å²) in [6.45, 7) is 0.137. The highest BCUT2D eigenvalue weighted by molar-refractivity contribution is 7.89. The van der Waals surface area contributed by atoms with Gasteiger partial charge in [-0.2, -0.15) is 4.31 Å². The van der Waals surface area contributed by atoms with Crippen LogP contribution in [0.4, 0.5) is 4.39 Å². The third kappa shape index (κ3) is 2.23. The number of sulfonamides is 1. The van der Waals surface area contributed by atoms with Crippen LogP contribution < -0.4 is 5.11 Å². The van der Waals surface area contributed by atoms with Crippen LogP contribution in [-0.4, -0.2) is 31.3 Å². The van der Waals surface area contributed by atoms with E-state index >= 15 is 0 Å². The lowest BCUT2D eigenvalue weighted by Gasteiger charge is -2.24. The highest BCUT2D eigenvalue weighted by Crippen LogP contribution is 2.25. The van der Waals surface area contributed by atoms with Gasteiger partial charge in [-0.05, 0) is 37.1 Å². The molecule has 0 aromatic heterocycles. The second-order valence-corrected chi connectivity index (χ2v) is 5.94. The molecule has 1 heterocycles. The summed E-state index contributed by atoms with van der Waals surface area (Å²) >= 11 is 0. The molecule has 1 aromatic carbocycles. The lowest BCUT2D eigenvalue weighted by molar-refractivity contribution is -0.309. The molecular formula is C11H11FNO4S-. The van der Waals surface area contributed by atoms with Crippen LogP contribution in [0.15, 0.2) is 29.2 Å². The van der Waals surface area contributed by atoms with Gasteiger partial charge in [-0.15, -0.1) is 0 Å². The van der Waals surface area contributed by atoms with E-state index in [-0.39, 0.29) is 17.9 Å². The van der Waals surface area contributed by atoms with Crippen LogP contribution in [0.3, 0.4) is 0 Å². The number of hydrogen-bond acceptors (Lipinski definition) is 4. The zero-order valence-electron chi connectivity index (χ0n) is 9.37. The normalized spacial score (nSPS) is 21.1. The first-order chi connectivity index (χ1) is 8.43. The van der Waals surface area contributed by atoms with Crippen LogP contribution in [0.1, 0.15) is 12.8 Å². The van der Waals surface area contributed by atoms with Gasteiger partial charge < -0.3 is 9.90 Å². The van der Waals surface area contributed by atoms with Gasteiger partial charge in [-0.1, -0.05) is 0 Å². The molecule has 5 nitrogen and oxygen atoms in total. The van der Waals surface area contributed by atoms with E-state index in [2.05, 4.69) is 0 Å². The van der Waals surface area contributed by atoms with Crippen molar-refractivity contribution in [2.45, 2.75) is 23.8 Å². The Balaban J connectivity index is 2.36. The summed E-state index contributed by atoms with van der Waals surface area (Å²) in [7, 11) is -3.90. The van der Waals surface area contributed by atoms with Gasteiger partial charge in [0.05, 0.1) is 16.9 Å². The van der Waals surface area contributed by atoms with Crippen molar-refractivity contribution in [3.63, 3.8) is 0 Å². The van der Waals surface area contributed by atoms with Crippen LogP contribution in [0.5, 0.6) is 0 Å². The van der Waals surface area contributed by atoms with E-state index in [4.69, 9.17) is 0 Å². The Hall–Kier alpha value is -1.47. The van der Waals surface area contributed by atoms with E-state index in [0.29, 0.717) is 6.42 Å². The molecule has 7 heteroatoms. The lowest BCUT2D eigenvalue weighted by Crippen LogP contribution is -2.46. The zero-order valence-corrected chi connectivity index (χ0v) is 10.2. The molecule has 1 aliphatic heterocycles. The molecule has 0 amide bonds. The number of carboxylic acids is 1. The number of carbonyl (C=O) groups excluding carboxylic acids is 1. The van der Waals surface area contributed by atoms with E-state index in [1.54, 1.807) is 0 Å². The molecule has 0 spiro atoms. The molecule has 0 N–H and O–H groups in total. The molecule has 1 fully saturated rings. The maximum Gasteiger partial charge on any atom is 0.243 e. The average Bonchev–Trinajstić information content (AvgIpc) is 2.79. The first-order valence-corrected chi connectivity index (χ1v) is 6.85. The Labute approximate surface area is 104 Å². The summed E-state index contributed by atoms with van der Waals surface area (Å²) in [6, 6.07) is 3.15. The summed E-state index contributed by atoms with van der Waals surface area (Å²) in [5.41, 5.74) is 0. The van der Waals surface area contributed by atoms with Gasteiger partial charge in [-0.25, -0.2) is 12.8 Å². The second-order valence-electron chi connectivity index (χ2n) is 4.05. The van der Waals surface area contributed by atoms with Gasteiger partial charge in [0, 0.05) is 6.54 Å². The molecule has 1 aromatic rings. The van der Waals surface area contributed by atoms with E-state index in [9.17, 15) is 22.7 Å². The van der Waals surface area contributed by atoms with Crippen molar-refractivity contribution in [1.82, 2.24) is 4.31 Å². The number of halogens is 1. The highest BCUT2D eigenvalue weighted by atomic mass is 32.2. The fraction of sp³-hybridized carbons (Fsp3) is 0.364. The maximum atomic E-state index is 12.7. The Morgan fingerprint density at radius 2 is 1.94 bits per heavy atom. The van der Waals surface area contributed by atoms with E-state index < -0.39 is 27.9 Å². The smallest absolute Gasteiger partial charge is 0.243 e. The predicted molar refractivity (Wildman–Crippen MR) is 58.3 cm³/mol. The largest absolute Gasteiger partial charge is 0.548 e.